The monoisotopic (exact) mass is 267 g/mol. The van der Waals surface area contributed by atoms with Gasteiger partial charge in [0.25, 0.3) is 0 Å². The Balaban J connectivity index is 2.04. The van der Waals surface area contributed by atoms with Crippen molar-refractivity contribution < 1.29 is 0 Å². The molecule has 1 aliphatic rings. The van der Waals surface area contributed by atoms with Crippen molar-refractivity contribution in [2.45, 2.75) is 13.0 Å². The predicted octanol–water partition coefficient (Wildman–Crippen LogP) is 2.06. The van der Waals surface area contributed by atoms with Gasteiger partial charge in [0.2, 0.25) is 0 Å². The van der Waals surface area contributed by atoms with Crippen LogP contribution in [0.2, 0.25) is 0 Å². The Hall–Kier alpha value is -1.03. The molecule has 1 aliphatic heterocycles. The number of rotatable bonds is 2. The van der Waals surface area contributed by atoms with Gasteiger partial charge in [-0.2, -0.15) is 0 Å². The summed E-state index contributed by atoms with van der Waals surface area (Å²) in [6.07, 6.45) is 0. The van der Waals surface area contributed by atoms with Gasteiger partial charge in [-0.3, -0.25) is 4.99 Å². The molecular weight excluding hydrogens is 254 g/mol. The maximum Gasteiger partial charge on any atom is 0.191 e. The zero-order chi connectivity index (χ0) is 10.7. The number of hydrogen-bond donors (Lipinski definition) is 2. The zero-order valence-corrected chi connectivity index (χ0v) is 10.2. The highest BCUT2D eigenvalue weighted by molar-refractivity contribution is 9.10. The normalized spacial score (nSPS) is 16.8. The van der Waals surface area contributed by atoms with E-state index in [2.05, 4.69) is 50.6 Å². The van der Waals surface area contributed by atoms with E-state index in [0.29, 0.717) is 0 Å². The van der Waals surface area contributed by atoms with Crippen LogP contribution in [-0.4, -0.2) is 19.0 Å². The average Bonchev–Trinajstić information content (AvgIpc) is 2.70. The van der Waals surface area contributed by atoms with E-state index in [1.54, 1.807) is 0 Å². The first kappa shape index (κ1) is 10.5. The van der Waals surface area contributed by atoms with Crippen molar-refractivity contribution in [1.82, 2.24) is 10.6 Å². The van der Waals surface area contributed by atoms with Crippen LogP contribution in [-0.2, 0) is 0 Å². The molecule has 0 fully saturated rings. The molecule has 1 unspecified atom stereocenters. The van der Waals surface area contributed by atoms with Crippen LogP contribution in [0.3, 0.4) is 0 Å². The van der Waals surface area contributed by atoms with E-state index in [9.17, 15) is 0 Å². The third-order valence-corrected chi connectivity index (χ3v) is 2.87. The van der Waals surface area contributed by atoms with Crippen molar-refractivity contribution in [3.8, 4) is 0 Å². The Morgan fingerprint density at radius 3 is 3.07 bits per heavy atom. The average molecular weight is 268 g/mol. The Kier molecular flexibility index (Phi) is 3.26. The van der Waals surface area contributed by atoms with Crippen molar-refractivity contribution in [2.24, 2.45) is 4.99 Å². The van der Waals surface area contributed by atoms with E-state index < -0.39 is 0 Å². The summed E-state index contributed by atoms with van der Waals surface area (Å²) in [5.41, 5.74) is 1.25. The molecule has 0 aromatic heterocycles. The van der Waals surface area contributed by atoms with E-state index in [1.165, 1.54) is 5.56 Å². The lowest BCUT2D eigenvalue weighted by Crippen LogP contribution is -2.35. The summed E-state index contributed by atoms with van der Waals surface area (Å²) in [7, 11) is 0. The topological polar surface area (TPSA) is 36.4 Å². The van der Waals surface area contributed by atoms with Crippen LogP contribution in [0.5, 0.6) is 0 Å². The van der Waals surface area contributed by atoms with Crippen molar-refractivity contribution in [2.75, 3.05) is 13.1 Å². The van der Waals surface area contributed by atoms with Gasteiger partial charge in [0.05, 0.1) is 12.6 Å². The molecule has 2 N–H and O–H groups in total. The second kappa shape index (κ2) is 4.66. The number of nitrogens with one attached hydrogen (secondary N) is 2. The van der Waals surface area contributed by atoms with E-state index in [0.717, 1.165) is 23.5 Å². The molecule has 0 saturated heterocycles. The fourth-order valence-corrected chi connectivity index (χ4v) is 1.98. The summed E-state index contributed by atoms with van der Waals surface area (Å²) in [4.78, 5) is 4.31. The Morgan fingerprint density at radius 2 is 2.40 bits per heavy atom. The molecule has 1 heterocycles. The Labute approximate surface area is 98.1 Å². The van der Waals surface area contributed by atoms with Crippen molar-refractivity contribution >= 4 is 21.9 Å². The lowest BCUT2D eigenvalue weighted by atomic mass is 10.1. The molecule has 1 aromatic carbocycles. The molecule has 0 saturated carbocycles. The molecule has 1 aromatic rings. The number of aliphatic imine (C=N–C) groups is 1. The van der Waals surface area contributed by atoms with Gasteiger partial charge in [-0.25, -0.2) is 0 Å². The summed E-state index contributed by atoms with van der Waals surface area (Å²) >= 11 is 3.47. The summed E-state index contributed by atoms with van der Waals surface area (Å²) < 4.78 is 1.11. The fraction of sp³-hybridized carbons (Fsp3) is 0.364. The second-order valence-corrected chi connectivity index (χ2v) is 4.49. The van der Waals surface area contributed by atoms with Crippen LogP contribution in [0.1, 0.15) is 18.5 Å². The molecular formula is C11H14BrN3. The van der Waals surface area contributed by atoms with Crippen LogP contribution >= 0.6 is 15.9 Å². The van der Waals surface area contributed by atoms with Crippen LogP contribution < -0.4 is 10.6 Å². The molecule has 2 rings (SSSR count). The molecule has 80 valence electrons. The highest BCUT2D eigenvalue weighted by Gasteiger charge is 2.10. The maximum absolute atomic E-state index is 4.31. The van der Waals surface area contributed by atoms with Crippen LogP contribution in [0, 0.1) is 0 Å². The van der Waals surface area contributed by atoms with Crippen LogP contribution in [0.25, 0.3) is 0 Å². The molecule has 3 nitrogen and oxygen atoms in total. The predicted molar refractivity (Wildman–Crippen MR) is 66.0 cm³/mol. The number of halogens is 1. The van der Waals surface area contributed by atoms with Crippen molar-refractivity contribution in [3.05, 3.63) is 34.3 Å². The smallest absolute Gasteiger partial charge is 0.191 e. The highest BCUT2D eigenvalue weighted by Crippen LogP contribution is 2.17. The zero-order valence-electron chi connectivity index (χ0n) is 8.63. The van der Waals surface area contributed by atoms with E-state index in [-0.39, 0.29) is 6.04 Å². The SMILES string of the molecule is CC(NC1=NCCN1)c1cccc(Br)c1. The number of hydrogen-bond acceptors (Lipinski definition) is 3. The quantitative estimate of drug-likeness (QED) is 0.861. The van der Waals surface area contributed by atoms with Gasteiger partial charge in [0, 0.05) is 11.0 Å². The Bertz CT molecular complexity index is 376. The first-order valence-corrected chi connectivity index (χ1v) is 5.85. The Morgan fingerprint density at radius 1 is 1.53 bits per heavy atom. The summed E-state index contributed by atoms with van der Waals surface area (Å²) in [6.45, 7) is 3.94. The minimum Gasteiger partial charge on any atom is -0.355 e. The lowest BCUT2D eigenvalue weighted by molar-refractivity contribution is 0.702. The summed E-state index contributed by atoms with van der Waals surface area (Å²) in [5, 5.41) is 6.54. The van der Waals surface area contributed by atoms with E-state index in [4.69, 9.17) is 0 Å². The first-order valence-electron chi connectivity index (χ1n) is 5.06. The van der Waals surface area contributed by atoms with Crippen LogP contribution in [0.4, 0.5) is 0 Å². The van der Waals surface area contributed by atoms with Crippen molar-refractivity contribution in [3.63, 3.8) is 0 Å². The molecule has 1 atom stereocenters. The standard InChI is InChI=1S/C11H14BrN3/c1-8(15-11-13-5-6-14-11)9-3-2-4-10(12)7-9/h2-4,7-8H,5-6H2,1H3,(H2,13,14,15). The molecule has 0 bridgehead atoms. The van der Waals surface area contributed by atoms with Gasteiger partial charge in [-0.05, 0) is 24.6 Å². The molecule has 15 heavy (non-hydrogen) atoms. The number of guanidine groups is 1. The number of benzene rings is 1. The maximum atomic E-state index is 4.31. The van der Waals surface area contributed by atoms with E-state index >= 15 is 0 Å². The third-order valence-electron chi connectivity index (χ3n) is 2.38. The summed E-state index contributed by atoms with van der Waals surface area (Å²) in [6, 6.07) is 8.57. The van der Waals surface area contributed by atoms with Gasteiger partial charge < -0.3 is 10.6 Å². The molecule has 0 amide bonds. The molecule has 0 spiro atoms. The number of nitrogens with zero attached hydrogens (tertiary/aromatic N) is 1. The van der Waals surface area contributed by atoms with Gasteiger partial charge in [0.15, 0.2) is 5.96 Å². The molecule has 0 aliphatic carbocycles. The van der Waals surface area contributed by atoms with Gasteiger partial charge in [0.1, 0.15) is 0 Å². The van der Waals surface area contributed by atoms with E-state index in [1.807, 2.05) is 12.1 Å². The van der Waals surface area contributed by atoms with Gasteiger partial charge >= 0.3 is 0 Å². The molecule has 0 radical (unpaired) electrons. The van der Waals surface area contributed by atoms with Crippen molar-refractivity contribution in [1.29, 1.82) is 0 Å². The van der Waals surface area contributed by atoms with Crippen LogP contribution in [0.15, 0.2) is 33.7 Å². The highest BCUT2D eigenvalue weighted by atomic mass is 79.9. The minimum absolute atomic E-state index is 0.270. The minimum atomic E-state index is 0.270. The van der Waals surface area contributed by atoms with Gasteiger partial charge in [-0.1, -0.05) is 28.1 Å². The van der Waals surface area contributed by atoms with Gasteiger partial charge in [-0.15, -0.1) is 0 Å². The summed E-state index contributed by atoms with van der Waals surface area (Å²) in [5.74, 6) is 0.905. The first-order chi connectivity index (χ1) is 7.25. The molecule has 4 heteroatoms. The lowest BCUT2D eigenvalue weighted by Gasteiger charge is -2.15. The second-order valence-electron chi connectivity index (χ2n) is 3.58. The third kappa shape index (κ3) is 2.72. The fourth-order valence-electron chi connectivity index (χ4n) is 1.56. The largest absolute Gasteiger partial charge is 0.355 e.